The van der Waals surface area contributed by atoms with E-state index in [-0.39, 0.29) is 5.76 Å². The topological polar surface area (TPSA) is 63.7 Å². The van der Waals surface area contributed by atoms with Gasteiger partial charge in [0.25, 0.3) is 10.0 Å². The molecule has 1 aromatic heterocycles. The molecule has 1 aliphatic heterocycles. The van der Waals surface area contributed by atoms with Crippen LogP contribution in [0.3, 0.4) is 0 Å². The van der Waals surface area contributed by atoms with Crippen molar-refractivity contribution >= 4 is 44.9 Å². The second kappa shape index (κ2) is 6.02. The van der Waals surface area contributed by atoms with Gasteiger partial charge in [-0.2, -0.15) is 0 Å². The van der Waals surface area contributed by atoms with Crippen LogP contribution in [0.15, 0.2) is 53.3 Å². The lowest BCUT2D eigenvalue weighted by molar-refractivity contribution is -0.131. The summed E-state index contributed by atoms with van der Waals surface area (Å²) in [6, 6.07) is 11.0. The molecule has 0 N–H and O–H groups in total. The molecule has 7 heteroatoms. The molecule has 118 valence electrons. The fraction of sp³-hybridized carbons (Fsp3) is 0.0625. The van der Waals surface area contributed by atoms with Crippen molar-refractivity contribution in [2.45, 2.75) is 0 Å². The summed E-state index contributed by atoms with van der Waals surface area (Å²) >= 11 is 1.32. The number of rotatable bonds is 3. The Morgan fingerprint density at radius 2 is 1.96 bits per heavy atom. The Bertz CT molecular complexity index is 895. The van der Waals surface area contributed by atoms with Crippen LogP contribution in [0.1, 0.15) is 10.4 Å². The summed E-state index contributed by atoms with van der Waals surface area (Å²) < 4.78 is 30.5. The molecule has 3 rings (SSSR count). The van der Waals surface area contributed by atoms with Crippen LogP contribution >= 0.6 is 11.3 Å². The van der Waals surface area contributed by atoms with E-state index in [2.05, 4.69) is 0 Å². The number of nitrogens with zero attached hydrogens (tertiary/aromatic N) is 1. The monoisotopic (exact) mass is 347 g/mol. The minimum Gasteiger partial charge on any atom is -0.421 e. The highest BCUT2D eigenvalue weighted by Gasteiger charge is 2.29. The Hall–Kier alpha value is -2.38. The molecule has 1 aliphatic rings. The highest BCUT2D eigenvalue weighted by molar-refractivity contribution is 7.95. The SMILES string of the molecule is CN1c2ccsc2C(OC(=O)/C=C/c2ccccc2)=CS1(=O)=O. The number of ether oxygens (including phenoxy) is 1. The molecule has 23 heavy (non-hydrogen) atoms. The number of carbonyl (C=O) groups excluding carboxylic acids is 1. The molecule has 0 fully saturated rings. The Balaban J connectivity index is 1.83. The van der Waals surface area contributed by atoms with Crippen molar-refractivity contribution < 1.29 is 17.9 Å². The van der Waals surface area contributed by atoms with Gasteiger partial charge in [0.05, 0.1) is 16.0 Å². The number of esters is 1. The molecule has 0 saturated heterocycles. The molecule has 5 nitrogen and oxygen atoms in total. The molecule has 2 heterocycles. The molecule has 0 aliphatic carbocycles. The first-order valence-corrected chi connectivity index (χ1v) is 9.09. The van der Waals surface area contributed by atoms with Gasteiger partial charge in [-0.3, -0.25) is 4.31 Å². The molecule has 0 amide bonds. The number of sulfonamides is 1. The first kappa shape index (κ1) is 15.5. The van der Waals surface area contributed by atoms with Crippen molar-refractivity contribution in [1.82, 2.24) is 0 Å². The van der Waals surface area contributed by atoms with Gasteiger partial charge in [-0.25, -0.2) is 13.2 Å². The van der Waals surface area contributed by atoms with E-state index < -0.39 is 16.0 Å². The molecule has 0 unspecified atom stereocenters. The van der Waals surface area contributed by atoms with Crippen molar-refractivity contribution in [1.29, 1.82) is 0 Å². The van der Waals surface area contributed by atoms with Crippen LogP contribution in [0.4, 0.5) is 5.69 Å². The normalized spacial score (nSPS) is 16.0. The average molecular weight is 347 g/mol. The lowest BCUT2D eigenvalue weighted by Crippen LogP contribution is -2.28. The fourth-order valence-electron chi connectivity index (χ4n) is 2.08. The largest absolute Gasteiger partial charge is 0.421 e. The zero-order chi connectivity index (χ0) is 16.4. The van der Waals surface area contributed by atoms with E-state index in [4.69, 9.17) is 4.74 Å². The quantitative estimate of drug-likeness (QED) is 0.632. The number of benzene rings is 1. The first-order chi connectivity index (χ1) is 11.0. The molecule has 2 aromatic rings. The van der Waals surface area contributed by atoms with Crippen LogP contribution in [0.2, 0.25) is 0 Å². The predicted molar refractivity (Wildman–Crippen MR) is 91.2 cm³/mol. The van der Waals surface area contributed by atoms with Gasteiger partial charge >= 0.3 is 5.97 Å². The number of thiophene rings is 1. The van der Waals surface area contributed by atoms with Gasteiger partial charge in [-0.1, -0.05) is 30.3 Å². The lowest BCUT2D eigenvalue weighted by atomic mass is 10.2. The summed E-state index contributed by atoms with van der Waals surface area (Å²) in [7, 11) is -2.17. The highest BCUT2D eigenvalue weighted by Crippen LogP contribution is 2.38. The third-order valence-electron chi connectivity index (χ3n) is 3.27. The summed E-state index contributed by atoms with van der Waals surface area (Å²) in [6.07, 6.45) is 2.88. The van der Waals surface area contributed by atoms with E-state index >= 15 is 0 Å². The number of fused-ring (bicyclic) bond motifs is 1. The molecule has 0 radical (unpaired) electrons. The molecule has 0 atom stereocenters. The van der Waals surface area contributed by atoms with Gasteiger partial charge in [0, 0.05) is 13.1 Å². The van der Waals surface area contributed by atoms with Crippen molar-refractivity contribution in [2.24, 2.45) is 0 Å². The van der Waals surface area contributed by atoms with Crippen LogP contribution in [0, 0.1) is 0 Å². The summed E-state index contributed by atoms with van der Waals surface area (Å²) in [6.45, 7) is 0. The van der Waals surface area contributed by atoms with Crippen molar-refractivity contribution in [2.75, 3.05) is 11.4 Å². The second-order valence-electron chi connectivity index (χ2n) is 4.79. The summed E-state index contributed by atoms with van der Waals surface area (Å²) in [5.41, 5.74) is 1.36. The second-order valence-corrected chi connectivity index (χ2v) is 7.52. The highest BCUT2D eigenvalue weighted by atomic mass is 32.2. The maximum Gasteiger partial charge on any atom is 0.336 e. The molecule has 1 aromatic carbocycles. The Kier molecular flexibility index (Phi) is 4.06. The van der Waals surface area contributed by atoms with Crippen LogP contribution in [-0.4, -0.2) is 21.4 Å². The van der Waals surface area contributed by atoms with E-state index in [0.717, 1.165) is 15.3 Å². The minimum atomic E-state index is -3.63. The Labute approximate surface area is 138 Å². The smallest absolute Gasteiger partial charge is 0.336 e. The van der Waals surface area contributed by atoms with Crippen LogP contribution in [-0.2, 0) is 19.6 Å². The standard InChI is InChI=1S/C16H13NO4S2/c1-17-13-9-10-22-16(13)14(11-23(17,19)20)21-15(18)8-7-12-5-3-2-4-6-12/h2-11H,1H3/b8-7+. The third-order valence-corrected chi connectivity index (χ3v) is 5.66. The zero-order valence-corrected chi connectivity index (χ0v) is 13.8. The molecule has 0 saturated carbocycles. The van der Waals surface area contributed by atoms with Crippen LogP contribution < -0.4 is 4.31 Å². The van der Waals surface area contributed by atoms with E-state index in [0.29, 0.717) is 10.6 Å². The molecular formula is C16H13NO4S2. The zero-order valence-electron chi connectivity index (χ0n) is 12.2. The van der Waals surface area contributed by atoms with Gasteiger partial charge in [0.1, 0.15) is 0 Å². The maximum absolute atomic E-state index is 12.1. The van der Waals surface area contributed by atoms with Crippen molar-refractivity contribution in [3.8, 4) is 0 Å². The van der Waals surface area contributed by atoms with Gasteiger partial charge < -0.3 is 4.74 Å². The Morgan fingerprint density at radius 3 is 2.70 bits per heavy atom. The van der Waals surface area contributed by atoms with Gasteiger partial charge in [0.15, 0.2) is 5.76 Å². The van der Waals surface area contributed by atoms with E-state index in [9.17, 15) is 13.2 Å². The van der Waals surface area contributed by atoms with E-state index in [1.165, 1.54) is 24.5 Å². The first-order valence-electron chi connectivity index (χ1n) is 6.71. The molecular weight excluding hydrogens is 334 g/mol. The maximum atomic E-state index is 12.1. The van der Waals surface area contributed by atoms with E-state index in [1.54, 1.807) is 17.5 Å². The van der Waals surface area contributed by atoms with Crippen LogP contribution in [0.25, 0.3) is 11.8 Å². The minimum absolute atomic E-state index is 0.0517. The van der Waals surface area contributed by atoms with E-state index in [1.807, 2.05) is 30.3 Å². The van der Waals surface area contributed by atoms with Crippen molar-refractivity contribution in [3.63, 3.8) is 0 Å². The fourth-order valence-corrected chi connectivity index (χ4v) is 4.11. The summed E-state index contributed by atoms with van der Waals surface area (Å²) in [5.74, 6) is -0.574. The average Bonchev–Trinajstić information content (AvgIpc) is 3.01. The summed E-state index contributed by atoms with van der Waals surface area (Å²) in [4.78, 5) is 12.6. The number of carbonyl (C=O) groups is 1. The number of hydrogen-bond donors (Lipinski definition) is 0. The van der Waals surface area contributed by atoms with Crippen molar-refractivity contribution in [3.05, 3.63) is 63.7 Å². The van der Waals surface area contributed by atoms with Gasteiger partial charge in [0.2, 0.25) is 0 Å². The number of hydrogen-bond acceptors (Lipinski definition) is 5. The Morgan fingerprint density at radius 1 is 1.22 bits per heavy atom. The molecule has 0 spiro atoms. The van der Waals surface area contributed by atoms with Gasteiger partial charge in [-0.15, -0.1) is 11.3 Å². The number of anilines is 1. The molecule has 0 bridgehead atoms. The predicted octanol–water partition coefficient (Wildman–Crippen LogP) is 3.08. The lowest BCUT2D eigenvalue weighted by Gasteiger charge is -2.22. The summed E-state index contributed by atoms with van der Waals surface area (Å²) in [5, 5.41) is 2.73. The third kappa shape index (κ3) is 3.20. The van der Waals surface area contributed by atoms with Crippen LogP contribution in [0.5, 0.6) is 0 Å². The van der Waals surface area contributed by atoms with Gasteiger partial charge in [-0.05, 0) is 23.1 Å².